The van der Waals surface area contributed by atoms with Gasteiger partial charge in [0.1, 0.15) is 5.82 Å². The van der Waals surface area contributed by atoms with Crippen LogP contribution in [0.1, 0.15) is 18.1 Å². The van der Waals surface area contributed by atoms with E-state index >= 15 is 0 Å². The number of benzene rings is 1. The Hall–Kier alpha value is -1.63. The summed E-state index contributed by atoms with van der Waals surface area (Å²) in [5.41, 5.74) is -1.23. The van der Waals surface area contributed by atoms with Gasteiger partial charge in [-0.3, -0.25) is 4.79 Å². The van der Waals surface area contributed by atoms with Crippen LogP contribution >= 0.6 is 0 Å². The van der Waals surface area contributed by atoms with Crippen molar-refractivity contribution in [2.75, 3.05) is 13.6 Å². The maximum atomic E-state index is 12.9. The summed E-state index contributed by atoms with van der Waals surface area (Å²) >= 11 is 0. The predicted octanol–water partition coefficient (Wildman–Crippen LogP) is 2.32. The van der Waals surface area contributed by atoms with Crippen LogP contribution in [0.4, 0.5) is 17.6 Å². The Morgan fingerprint density at radius 2 is 2.00 bits per heavy atom. The number of hydrogen-bond donors (Lipinski definition) is 2. The summed E-state index contributed by atoms with van der Waals surface area (Å²) in [4.78, 5) is 11.6. The molecule has 1 rings (SSSR count). The maximum Gasteiger partial charge on any atom is 0.416 e. The molecule has 1 aromatic carbocycles. The summed E-state index contributed by atoms with van der Waals surface area (Å²) < 4.78 is 51.1. The van der Waals surface area contributed by atoms with Crippen molar-refractivity contribution in [3.63, 3.8) is 0 Å². The second-order valence-electron chi connectivity index (χ2n) is 4.48. The quantitative estimate of drug-likeness (QED) is 0.818. The lowest BCUT2D eigenvalue weighted by molar-refractivity contribution is -0.138. The summed E-state index contributed by atoms with van der Waals surface area (Å²) in [7, 11) is 1.67. The smallest absolute Gasteiger partial charge is 0.352 e. The molecule has 2 N–H and O–H groups in total. The monoisotopic (exact) mass is 292 g/mol. The minimum Gasteiger partial charge on any atom is -0.352 e. The summed E-state index contributed by atoms with van der Waals surface area (Å²) in [6.07, 6.45) is -4.65. The molecule has 3 nitrogen and oxygen atoms in total. The van der Waals surface area contributed by atoms with Crippen LogP contribution < -0.4 is 10.6 Å². The fourth-order valence-corrected chi connectivity index (χ4v) is 1.72. The van der Waals surface area contributed by atoms with Crippen molar-refractivity contribution in [1.29, 1.82) is 0 Å². The molecule has 0 fully saturated rings. The highest BCUT2D eigenvalue weighted by Gasteiger charge is 2.33. The molecule has 112 valence electrons. The molecule has 0 aliphatic carbocycles. The minimum absolute atomic E-state index is 0.163. The average Bonchev–Trinajstić information content (AvgIpc) is 2.36. The molecule has 0 bridgehead atoms. The zero-order valence-electron chi connectivity index (χ0n) is 11.1. The molecule has 0 spiro atoms. The number of hydrogen-bond acceptors (Lipinski definition) is 2. The van der Waals surface area contributed by atoms with E-state index in [9.17, 15) is 22.4 Å². The Morgan fingerprint density at radius 3 is 2.55 bits per heavy atom. The molecule has 1 aromatic rings. The molecule has 1 amide bonds. The van der Waals surface area contributed by atoms with Gasteiger partial charge in [0, 0.05) is 19.0 Å². The molecule has 20 heavy (non-hydrogen) atoms. The SMILES string of the molecule is CNCC(C)C(=O)NCc1ccc(F)cc1C(F)(F)F. The van der Waals surface area contributed by atoms with Gasteiger partial charge in [-0.05, 0) is 24.7 Å². The van der Waals surface area contributed by atoms with Crippen LogP contribution in [0, 0.1) is 11.7 Å². The summed E-state index contributed by atoms with van der Waals surface area (Å²) in [5, 5.41) is 5.21. The predicted molar refractivity (Wildman–Crippen MR) is 66.3 cm³/mol. The van der Waals surface area contributed by atoms with E-state index in [-0.39, 0.29) is 23.9 Å². The van der Waals surface area contributed by atoms with Gasteiger partial charge < -0.3 is 10.6 Å². The molecule has 1 atom stereocenters. The van der Waals surface area contributed by atoms with Crippen molar-refractivity contribution in [3.8, 4) is 0 Å². The van der Waals surface area contributed by atoms with Crippen LogP contribution in [0.3, 0.4) is 0 Å². The third kappa shape index (κ3) is 4.48. The first-order valence-corrected chi connectivity index (χ1v) is 6.03. The Labute approximate surface area is 114 Å². The van der Waals surface area contributed by atoms with E-state index in [4.69, 9.17) is 0 Å². The lowest BCUT2D eigenvalue weighted by Crippen LogP contribution is -2.34. The molecule has 1 unspecified atom stereocenters. The van der Waals surface area contributed by atoms with E-state index in [0.29, 0.717) is 12.6 Å². The minimum atomic E-state index is -4.65. The number of carbonyl (C=O) groups is 1. The van der Waals surface area contributed by atoms with Crippen LogP contribution in [0.15, 0.2) is 18.2 Å². The number of rotatable bonds is 5. The van der Waals surface area contributed by atoms with Gasteiger partial charge in [0.25, 0.3) is 0 Å². The fourth-order valence-electron chi connectivity index (χ4n) is 1.72. The number of alkyl halides is 3. The number of amides is 1. The third-order valence-electron chi connectivity index (χ3n) is 2.79. The number of carbonyl (C=O) groups excluding carboxylic acids is 1. The molecule has 0 saturated carbocycles. The molecule has 0 saturated heterocycles. The van der Waals surface area contributed by atoms with Crippen molar-refractivity contribution in [1.82, 2.24) is 10.6 Å². The van der Waals surface area contributed by atoms with Gasteiger partial charge in [-0.2, -0.15) is 13.2 Å². The highest BCUT2D eigenvalue weighted by Crippen LogP contribution is 2.32. The van der Waals surface area contributed by atoms with Crippen LogP contribution in [-0.2, 0) is 17.5 Å². The van der Waals surface area contributed by atoms with Crippen LogP contribution in [0.5, 0.6) is 0 Å². The summed E-state index contributed by atoms with van der Waals surface area (Å²) in [5.74, 6) is -1.69. The van der Waals surface area contributed by atoms with Crippen molar-refractivity contribution in [2.24, 2.45) is 5.92 Å². The summed E-state index contributed by atoms with van der Waals surface area (Å²) in [6.45, 7) is 1.78. The van der Waals surface area contributed by atoms with Crippen molar-refractivity contribution in [3.05, 3.63) is 35.1 Å². The molecule has 0 heterocycles. The van der Waals surface area contributed by atoms with E-state index in [2.05, 4.69) is 10.6 Å². The van der Waals surface area contributed by atoms with Gasteiger partial charge in [-0.25, -0.2) is 4.39 Å². The van der Waals surface area contributed by atoms with Crippen LogP contribution in [0.25, 0.3) is 0 Å². The number of halogens is 4. The molecule has 0 radical (unpaired) electrons. The molecule has 0 aliphatic heterocycles. The first-order chi connectivity index (χ1) is 9.25. The second kappa shape index (κ2) is 6.69. The molecule has 7 heteroatoms. The first kappa shape index (κ1) is 16.4. The van der Waals surface area contributed by atoms with Crippen LogP contribution in [-0.4, -0.2) is 19.5 Å². The lowest BCUT2D eigenvalue weighted by Gasteiger charge is -2.15. The third-order valence-corrected chi connectivity index (χ3v) is 2.79. The van der Waals surface area contributed by atoms with E-state index < -0.39 is 17.6 Å². The Bertz CT molecular complexity index is 474. The first-order valence-electron chi connectivity index (χ1n) is 6.03. The van der Waals surface area contributed by atoms with Gasteiger partial charge in [0.2, 0.25) is 5.91 Å². The Morgan fingerprint density at radius 1 is 1.35 bits per heavy atom. The largest absolute Gasteiger partial charge is 0.416 e. The Balaban J connectivity index is 2.81. The molecule has 0 aromatic heterocycles. The standard InChI is InChI=1S/C13H16F4N2O/c1-8(6-18-2)12(20)19-7-9-3-4-10(14)5-11(9)13(15,16)17/h3-5,8,18H,6-7H2,1-2H3,(H,19,20). The van der Waals surface area contributed by atoms with E-state index in [1.54, 1.807) is 14.0 Å². The lowest BCUT2D eigenvalue weighted by atomic mass is 10.1. The van der Waals surface area contributed by atoms with E-state index in [1.165, 1.54) is 0 Å². The second-order valence-corrected chi connectivity index (χ2v) is 4.48. The molecular weight excluding hydrogens is 276 g/mol. The topological polar surface area (TPSA) is 41.1 Å². The van der Waals surface area contributed by atoms with Gasteiger partial charge >= 0.3 is 6.18 Å². The molecule has 0 aliphatic rings. The van der Waals surface area contributed by atoms with Gasteiger partial charge in [-0.1, -0.05) is 13.0 Å². The van der Waals surface area contributed by atoms with Crippen molar-refractivity contribution >= 4 is 5.91 Å². The van der Waals surface area contributed by atoms with Gasteiger partial charge in [-0.15, -0.1) is 0 Å². The average molecular weight is 292 g/mol. The normalized spacial score (nSPS) is 13.1. The fraction of sp³-hybridized carbons (Fsp3) is 0.462. The van der Waals surface area contributed by atoms with Crippen molar-refractivity contribution in [2.45, 2.75) is 19.6 Å². The zero-order valence-corrected chi connectivity index (χ0v) is 11.1. The maximum absolute atomic E-state index is 12.9. The Kier molecular flexibility index (Phi) is 5.50. The highest BCUT2D eigenvalue weighted by molar-refractivity contribution is 5.78. The van der Waals surface area contributed by atoms with E-state index in [1.807, 2.05) is 0 Å². The van der Waals surface area contributed by atoms with Gasteiger partial charge in [0.15, 0.2) is 0 Å². The van der Waals surface area contributed by atoms with Crippen LogP contribution in [0.2, 0.25) is 0 Å². The zero-order chi connectivity index (χ0) is 15.3. The molecular formula is C13H16F4N2O. The van der Waals surface area contributed by atoms with E-state index in [0.717, 1.165) is 12.1 Å². The highest BCUT2D eigenvalue weighted by atomic mass is 19.4. The van der Waals surface area contributed by atoms with Crippen molar-refractivity contribution < 1.29 is 22.4 Å². The van der Waals surface area contributed by atoms with Gasteiger partial charge in [0.05, 0.1) is 5.56 Å². The number of nitrogens with one attached hydrogen (secondary N) is 2. The summed E-state index contributed by atoms with van der Waals surface area (Å²) in [6, 6.07) is 2.40.